The van der Waals surface area contributed by atoms with Crippen LogP contribution in [0.1, 0.15) is 6.92 Å². The van der Waals surface area contributed by atoms with Crippen molar-refractivity contribution >= 4 is 18.0 Å². The Labute approximate surface area is 53.0 Å². The first-order chi connectivity index (χ1) is 3.84. The molecule has 3 heteroatoms. The lowest BCUT2D eigenvalue weighted by atomic mass is 10.4. The highest BCUT2D eigenvalue weighted by molar-refractivity contribution is 8.02. The van der Waals surface area contributed by atoms with Gasteiger partial charge in [0, 0.05) is 5.57 Å². The fourth-order valence-corrected chi connectivity index (χ4v) is 1.01. The summed E-state index contributed by atoms with van der Waals surface area (Å²) in [5, 5.41) is 4.75. The van der Waals surface area contributed by atoms with Crippen molar-refractivity contribution in [3.8, 4) is 0 Å². The third-order valence-corrected chi connectivity index (χ3v) is 1.72. The summed E-state index contributed by atoms with van der Waals surface area (Å²) in [4.78, 5) is 0. The van der Waals surface area contributed by atoms with E-state index in [1.165, 1.54) is 0 Å². The lowest BCUT2D eigenvalue weighted by molar-refractivity contribution is 0.956. The van der Waals surface area contributed by atoms with Crippen LogP contribution in [0, 0.1) is 0 Å². The molecule has 1 aliphatic heterocycles. The molecule has 8 heavy (non-hydrogen) atoms. The third-order valence-electron chi connectivity index (χ3n) is 0.931. The van der Waals surface area contributed by atoms with Crippen molar-refractivity contribution in [2.24, 2.45) is 5.10 Å². The lowest BCUT2D eigenvalue weighted by Crippen LogP contribution is -1.85. The molecule has 0 aliphatic carbocycles. The van der Waals surface area contributed by atoms with Gasteiger partial charge in [-0.1, -0.05) is 0 Å². The zero-order chi connectivity index (χ0) is 5.98. The predicted molar refractivity (Wildman–Crippen MR) is 36.8 cm³/mol. The number of nitrogens with zero attached hydrogens (tertiary/aromatic N) is 2. The molecule has 0 aromatic rings. The van der Waals surface area contributed by atoms with E-state index in [1.807, 2.05) is 13.2 Å². The Bertz CT molecular complexity index is 149. The van der Waals surface area contributed by atoms with Gasteiger partial charge in [-0.05, 0) is 13.2 Å². The van der Waals surface area contributed by atoms with Gasteiger partial charge in [0.1, 0.15) is 5.03 Å². The maximum Gasteiger partial charge on any atom is 0.123 e. The maximum absolute atomic E-state index is 3.85. The molecule has 0 bridgehead atoms. The molecule has 0 unspecified atom stereocenters. The second kappa shape index (κ2) is 2.22. The van der Waals surface area contributed by atoms with Crippen LogP contribution in [0.5, 0.6) is 0 Å². The quantitative estimate of drug-likeness (QED) is 0.519. The number of hydrogen-bond donors (Lipinski definition) is 0. The van der Waals surface area contributed by atoms with Crippen molar-refractivity contribution in [1.29, 1.82) is 0 Å². The van der Waals surface area contributed by atoms with Gasteiger partial charge in [0.15, 0.2) is 0 Å². The Morgan fingerprint density at radius 1 is 1.62 bits per heavy atom. The lowest BCUT2D eigenvalue weighted by Gasteiger charge is -1.90. The molecule has 1 radical (unpaired) electrons. The second-order valence-corrected chi connectivity index (χ2v) is 2.33. The monoisotopic (exact) mass is 127 g/mol. The van der Waals surface area contributed by atoms with Crippen LogP contribution in [0.15, 0.2) is 15.7 Å². The first-order valence-corrected chi connectivity index (χ1v) is 3.56. The Hall–Kier alpha value is -0.440. The summed E-state index contributed by atoms with van der Waals surface area (Å²) in [5.74, 6) is 0. The van der Waals surface area contributed by atoms with Gasteiger partial charge in [0.05, 0.1) is 6.21 Å². The van der Waals surface area contributed by atoms with Crippen molar-refractivity contribution in [2.75, 3.05) is 6.26 Å². The van der Waals surface area contributed by atoms with Crippen LogP contribution in [0.3, 0.4) is 0 Å². The molecule has 2 nitrogen and oxygen atoms in total. The Morgan fingerprint density at radius 2 is 2.38 bits per heavy atom. The van der Waals surface area contributed by atoms with E-state index in [9.17, 15) is 0 Å². The predicted octanol–water partition coefficient (Wildman–Crippen LogP) is 1.18. The highest BCUT2D eigenvalue weighted by Crippen LogP contribution is 2.16. The van der Waals surface area contributed by atoms with Gasteiger partial charge in [-0.3, -0.25) is 0 Å². The maximum atomic E-state index is 3.85. The van der Waals surface area contributed by atoms with Gasteiger partial charge in [0.2, 0.25) is 0 Å². The first kappa shape index (κ1) is 5.69. The van der Waals surface area contributed by atoms with E-state index in [1.54, 1.807) is 18.0 Å². The SMILES string of the molecule is CSC1=C(C)C=N[N]1. The summed E-state index contributed by atoms with van der Waals surface area (Å²) in [6.07, 6.45) is 3.77. The molecule has 0 amide bonds. The van der Waals surface area contributed by atoms with Gasteiger partial charge in [-0.2, -0.15) is 5.10 Å². The number of thioether (sulfide) groups is 1. The average Bonchev–Trinajstić information content (AvgIpc) is 2.14. The first-order valence-electron chi connectivity index (χ1n) is 2.33. The normalized spacial score (nSPS) is 17.2. The summed E-state index contributed by atoms with van der Waals surface area (Å²) in [6.45, 7) is 2.01. The highest BCUT2D eigenvalue weighted by atomic mass is 32.2. The van der Waals surface area contributed by atoms with E-state index < -0.39 is 0 Å². The molecule has 43 valence electrons. The van der Waals surface area contributed by atoms with Crippen LogP contribution in [-0.4, -0.2) is 12.5 Å². The molecule has 1 rings (SSSR count). The van der Waals surface area contributed by atoms with E-state index in [4.69, 9.17) is 0 Å². The van der Waals surface area contributed by atoms with E-state index in [0.717, 1.165) is 10.6 Å². The molecular formula is C5H7N2S. The summed E-state index contributed by atoms with van der Waals surface area (Å²) in [7, 11) is 0. The summed E-state index contributed by atoms with van der Waals surface area (Å²) >= 11 is 1.63. The molecule has 0 N–H and O–H groups in total. The van der Waals surface area contributed by atoms with Crippen LogP contribution in [0.25, 0.3) is 0 Å². The zero-order valence-electron chi connectivity index (χ0n) is 4.88. The fraction of sp³-hybridized carbons (Fsp3) is 0.400. The van der Waals surface area contributed by atoms with Gasteiger partial charge in [-0.25, -0.2) is 0 Å². The number of rotatable bonds is 1. The van der Waals surface area contributed by atoms with E-state index in [0.29, 0.717) is 0 Å². The average molecular weight is 127 g/mol. The largest absolute Gasteiger partial charge is 0.158 e. The standard InChI is InChI=1S/C5H7N2S/c1-4-3-6-7-5(4)8-2/h3H,1-2H3. The molecule has 0 saturated heterocycles. The number of hydrogen-bond acceptors (Lipinski definition) is 2. The highest BCUT2D eigenvalue weighted by Gasteiger charge is 2.04. The van der Waals surface area contributed by atoms with Crippen molar-refractivity contribution in [2.45, 2.75) is 6.92 Å². The van der Waals surface area contributed by atoms with Crippen molar-refractivity contribution in [1.82, 2.24) is 5.43 Å². The second-order valence-electron chi connectivity index (χ2n) is 1.54. The van der Waals surface area contributed by atoms with Crippen LogP contribution in [0.4, 0.5) is 0 Å². The minimum atomic E-state index is 1.03. The van der Waals surface area contributed by atoms with Gasteiger partial charge in [0.25, 0.3) is 0 Å². The van der Waals surface area contributed by atoms with Crippen LogP contribution in [0.2, 0.25) is 0 Å². The molecule has 0 saturated carbocycles. The molecule has 0 aromatic heterocycles. The Kier molecular flexibility index (Phi) is 1.58. The van der Waals surface area contributed by atoms with Gasteiger partial charge >= 0.3 is 0 Å². The van der Waals surface area contributed by atoms with Crippen molar-refractivity contribution < 1.29 is 0 Å². The van der Waals surface area contributed by atoms with E-state index in [-0.39, 0.29) is 0 Å². The molecule has 1 aliphatic rings. The molecule has 0 aromatic carbocycles. The summed E-state index contributed by atoms with van der Waals surface area (Å²) in [5.41, 5.74) is 5.01. The molecule has 0 spiro atoms. The summed E-state index contributed by atoms with van der Waals surface area (Å²) in [6, 6.07) is 0. The van der Waals surface area contributed by atoms with Crippen molar-refractivity contribution in [3.05, 3.63) is 10.6 Å². The molecule has 1 heterocycles. The van der Waals surface area contributed by atoms with E-state index in [2.05, 4.69) is 10.5 Å². The topological polar surface area (TPSA) is 26.5 Å². The number of allylic oxidation sites excluding steroid dienone is 1. The summed E-state index contributed by atoms with van der Waals surface area (Å²) < 4.78 is 0. The Balaban J connectivity index is 2.68. The fourth-order valence-electron chi connectivity index (χ4n) is 0.504. The van der Waals surface area contributed by atoms with Gasteiger partial charge < -0.3 is 0 Å². The van der Waals surface area contributed by atoms with Crippen LogP contribution < -0.4 is 5.43 Å². The molecule has 0 atom stereocenters. The van der Waals surface area contributed by atoms with Gasteiger partial charge in [-0.15, -0.1) is 17.2 Å². The van der Waals surface area contributed by atoms with E-state index >= 15 is 0 Å². The minimum Gasteiger partial charge on any atom is -0.158 e. The van der Waals surface area contributed by atoms with Crippen LogP contribution >= 0.6 is 11.8 Å². The molecule has 0 fully saturated rings. The molecular weight excluding hydrogens is 120 g/mol. The van der Waals surface area contributed by atoms with Crippen LogP contribution in [-0.2, 0) is 0 Å². The van der Waals surface area contributed by atoms with Crippen molar-refractivity contribution in [3.63, 3.8) is 0 Å². The zero-order valence-corrected chi connectivity index (χ0v) is 5.70. The third kappa shape index (κ3) is 0.865. The Morgan fingerprint density at radius 3 is 2.62 bits per heavy atom. The smallest absolute Gasteiger partial charge is 0.123 e. The minimum absolute atomic E-state index is 1.03.